The van der Waals surface area contributed by atoms with Crippen LogP contribution in [-0.4, -0.2) is 43.5 Å². The van der Waals surface area contributed by atoms with Crippen LogP contribution in [0.5, 0.6) is 0 Å². The van der Waals surface area contributed by atoms with E-state index in [4.69, 9.17) is 5.26 Å². The molecule has 0 fully saturated rings. The first-order valence-corrected chi connectivity index (χ1v) is 5.06. The van der Waals surface area contributed by atoms with E-state index in [-0.39, 0.29) is 6.54 Å². The SMILES string of the molecule is CCNC(C)(C#N)CCN(C)CC(F)F. The smallest absolute Gasteiger partial charge is 0.251 e. The van der Waals surface area contributed by atoms with Gasteiger partial charge in [-0.15, -0.1) is 0 Å². The maximum absolute atomic E-state index is 12.0. The first-order valence-electron chi connectivity index (χ1n) is 5.06. The molecule has 15 heavy (non-hydrogen) atoms. The average molecular weight is 219 g/mol. The zero-order valence-electron chi connectivity index (χ0n) is 9.56. The molecule has 0 amide bonds. The van der Waals surface area contributed by atoms with E-state index in [2.05, 4.69) is 11.4 Å². The third-order valence-electron chi connectivity index (χ3n) is 2.26. The van der Waals surface area contributed by atoms with Gasteiger partial charge in [-0.25, -0.2) is 8.78 Å². The Morgan fingerprint density at radius 3 is 2.53 bits per heavy atom. The molecular formula is C10H19F2N3. The lowest BCUT2D eigenvalue weighted by molar-refractivity contribution is 0.0973. The molecule has 88 valence electrons. The van der Waals surface area contributed by atoms with Gasteiger partial charge in [-0.3, -0.25) is 5.32 Å². The highest BCUT2D eigenvalue weighted by Gasteiger charge is 2.22. The quantitative estimate of drug-likeness (QED) is 0.704. The van der Waals surface area contributed by atoms with Gasteiger partial charge in [0.15, 0.2) is 0 Å². The predicted molar refractivity (Wildman–Crippen MR) is 55.8 cm³/mol. The van der Waals surface area contributed by atoms with E-state index in [9.17, 15) is 8.78 Å². The normalized spacial score (nSPS) is 15.3. The van der Waals surface area contributed by atoms with Crippen molar-refractivity contribution in [2.24, 2.45) is 0 Å². The van der Waals surface area contributed by atoms with Crippen LogP contribution in [-0.2, 0) is 0 Å². The average Bonchev–Trinajstić information content (AvgIpc) is 2.14. The van der Waals surface area contributed by atoms with Gasteiger partial charge in [0.1, 0.15) is 5.54 Å². The summed E-state index contributed by atoms with van der Waals surface area (Å²) in [5.41, 5.74) is -0.620. The van der Waals surface area contributed by atoms with Gasteiger partial charge < -0.3 is 4.90 Å². The van der Waals surface area contributed by atoms with E-state index in [0.717, 1.165) is 0 Å². The molecule has 0 aromatic heterocycles. The lowest BCUT2D eigenvalue weighted by atomic mass is 10.00. The number of hydrogen-bond acceptors (Lipinski definition) is 3. The van der Waals surface area contributed by atoms with Crippen LogP contribution < -0.4 is 5.32 Å². The molecule has 0 bridgehead atoms. The minimum Gasteiger partial charge on any atom is -0.301 e. The third kappa shape index (κ3) is 6.37. The van der Waals surface area contributed by atoms with Gasteiger partial charge in [-0.05, 0) is 26.9 Å². The molecule has 0 radical (unpaired) electrons. The minimum absolute atomic E-state index is 0.242. The molecule has 1 unspecified atom stereocenters. The zero-order chi connectivity index (χ0) is 11.9. The molecule has 1 atom stereocenters. The maximum Gasteiger partial charge on any atom is 0.251 e. The lowest BCUT2D eigenvalue weighted by Gasteiger charge is -2.25. The Labute approximate surface area is 90.1 Å². The molecule has 1 N–H and O–H groups in total. The second kappa shape index (κ2) is 6.70. The Balaban J connectivity index is 3.96. The fourth-order valence-corrected chi connectivity index (χ4v) is 1.32. The fraction of sp³-hybridized carbons (Fsp3) is 0.900. The summed E-state index contributed by atoms with van der Waals surface area (Å²) < 4.78 is 24.0. The van der Waals surface area contributed by atoms with Crippen LogP contribution in [0.1, 0.15) is 20.3 Å². The summed E-state index contributed by atoms with van der Waals surface area (Å²) in [5.74, 6) is 0. The number of nitriles is 1. The molecular weight excluding hydrogens is 200 g/mol. The highest BCUT2D eigenvalue weighted by molar-refractivity contribution is 5.03. The van der Waals surface area contributed by atoms with Crippen molar-refractivity contribution in [2.75, 3.05) is 26.7 Å². The summed E-state index contributed by atoms with van der Waals surface area (Å²) in [6, 6.07) is 2.16. The molecule has 0 aromatic carbocycles. The van der Waals surface area contributed by atoms with Crippen molar-refractivity contribution in [1.82, 2.24) is 10.2 Å². The Bertz CT molecular complexity index is 215. The minimum atomic E-state index is -2.32. The maximum atomic E-state index is 12.0. The van der Waals surface area contributed by atoms with Gasteiger partial charge in [0, 0.05) is 6.54 Å². The van der Waals surface area contributed by atoms with Gasteiger partial charge in [0.25, 0.3) is 6.43 Å². The van der Waals surface area contributed by atoms with Crippen LogP contribution in [0.3, 0.4) is 0 Å². The summed E-state index contributed by atoms with van der Waals surface area (Å²) in [4.78, 5) is 1.54. The van der Waals surface area contributed by atoms with E-state index < -0.39 is 12.0 Å². The topological polar surface area (TPSA) is 39.1 Å². The van der Waals surface area contributed by atoms with E-state index in [1.54, 1.807) is 14.0 Å². The fourth-order valence-electron chi connectivity index (χ4n) is 1.32. The highest BCUT2D eigenvalue weighted by Crippen LogP contribution is 2.09. The van der Waals surface area contributed by atoms with E-state index in [1.807, 2.05) is 6.92 Å². The van der Waals surface area contributed by atoms with E-state index >= 15 is 0 Å². The first kappa shape index (κ1) is 14.3. The molecule has 0 saturated heterocycles. The van der Waals surface area contributed by atoms with Crippen molar-refractivity contribution in [3.63, 3.8) is 0 Å². The van der Waals surface area contributed by atoms with Crippen molar-refractivity contribution in [3.8, 4) is 6.07 Å². The molecule has 0 rings (SSSR count). The Kier molecular flexibility index (Phi) is 6.37. The van der Waals surface area contributed by atoms with Crippen LogP contribution in [0.2, 0.25) is 0 Å². The van der Waals surface area contributed by atoms with E-state index in [1.165, 1.54) is 4.90 Å². The molecule has 0 aliphatic rings. The molecule has 0 heterocycles. The third-order valence-corrected chi connectivity index (χ3v) is 2.26. The molecule has 0 saturated carbocycles. The van der Waals surface area contributed by atoms with Gasteiger partial charge >= 0.3 is 0 Å². The Hall–Kier alpha value is -0.730. The van der Waals surface area contributed by atoms with Crippen molar-refractivity contribution >= 4 is 0 Å². The van der Waals surface area contributed by atoms with Gasteiger partial charge in [0.05, 0.1) is 12.6 Å². The molecule has 0 aliphatic carbocycles. The summed E-state index contributed by atoms with van der Waals surface area (Å²) >= 11 is 0. The Morgan fingerprint density at radius 1 is 1.53 bits per heavy atom. The van der Waals surface area contributed by atoms with Crippen LogP contribution in [0.25, 0.3) is 0 Å². The summed E-state index contributed by atoms with van der Waals surface area (Å²) in [7, 11) is 1.63. The van der Waals surface area contributed by atoms with Crippen LogP contribution >= 0.6 is 0 Å². The van der Waals surface area contributed by atoms with E-state index in [0.29, 0.717) is 19.5 Å². The number of hydrogen-bond donors (Lipinski definition) is 1. The highest BCUT2D eigenvalue weighted by atomic mass is 19.3. The number of rotatable bonds is 7. The molecule has 3 nitrogen and oxygen atoms in total. The van der Waals surface area contributed by atoms with Crippen molar-refractivity contribution in [2.45, 2.75) is 32.2 Å². The van der Waals surface area contributed by atoms with Crippen molar-refractivity contribution in [3.05, 3.63) is 0 Å². The molecule has 0 aliphatic heterocycles. The zero-order valence-corrected chi connectivity index (χ0v) is 9.56. The van der Waals surface area contributed by atoms with Crippen LogP contribution in [0.4, 0.5) is 8.78 Å². The number of halogens is 2. The second-order valence-electron chi connectivity index (χ2n) is 3.88. The van der Waals surface area contributed by atoms with Crippen molar-refractivity contribution in [1.29, 1.82) is 5.26 Å². The number of alkyl halides is 2. The van der Waals surface area contributed by atoms with Crippen LogP contribution in [0.15, 0.2) is 0 Å². The van der Waals surface area contributed by atoms with Crippen LogP contribution in [0, 0.1) is 11.3 Å². The largest absolute Gasteiger partial charge is 0.301 e. The lowest BCUT2D eigenvalue weighted by Crippen LogP contribution is -2.43. The standard InChI is InChI=1S/C10H19F2N3/c1-4-14-10(2,8-13)5-6-15(3)7-9(11)12/h9,14H,4-7H2,1-3H3. The molecule has 0 aromatic rings. The summed E-state index contributed by atoms with van der Waals surface area (Å²) in [5, 5.41) is 12.0. The summed E-state index contributed by atoms with van der Waals surface area (Å²) in [6.45, 7) is 4.64. The monoisotopic (exact) mass is 219 g/mol. The Morgan fingerprint density at radius 2 is 2.13 bits per heavy atom. The van der Waals surface area contributed by atoms with Gasteiger partial charge in [0.2, 0.25) is 0 Å². The van der Waals surface area contributed by atoms with Crippen molar-refractivity contribution < 1.29 is 8.78 Å². The predicted octanol–water partition coefficient (Wildman–Crippen LogP) is 1.47. The first-order chi connectivity index (χ1) is 6.93. The number of nitrogens with one attached hydrogen (secondary N) is 1. The summed E-state index contributed by atoms with van der Waals surface area (Å²) in [6.07, 6.45) is -1.77. The molecule has 0 spiro atoms. The van der Waals surface area contributed by atoms with Gasteiger partial charge in [-0.2, -0.15) is 5.26 Å². The van der Waals surface area contributed by atoms with Gasteiger partial charge in [-0.1, -0.05) is 6.92 Å². The number of nitrogens with zero attached hydrogens (tertiary/aromatic N) is 2. The second-order valence-corrected chi connectivity index (χ2v) is 3.88. The molecule has 5 heteroatoms.